The molecule has 1 aromatic heterocycles. The molecule has 0 saturated carbocycles. The Bertz CT molecular complexity index is 432. The lowest BCUT2D eigenvalue weighted by Crippen LogP contribution is -2.25. The smallest absolute Gasteiger partial charge is 0.0780 e. The van der Waals surface area contributed by atoms with E-state index < -0.39 is 0 Å². The van der Waals surface area contributed by atoms with Crippen LogP contribution >= 0.6 is 0 Å². The predicted octanol–water partition coefficient (Wildman–Crippen LogP) is 2.87. The normalized spacial score (nSPS) is 29.3. The number of nitrogens with zero attached hydrogens (tertiary/aromatic N) is 1. The van der Waals surface area contributed by atoms with Crippen LogP contribution in [0.4, 0.5) is 0 Å². The quantitative estimate of drug-likeness (QED) is 0.874. The number of aromatic nitrogens is 1. The Morgan fingerprint density at radius 3 is 2.94 bits per heavy atom. The summed E-state index contributed by atoms with van der Waals surface area (Å²) < 4.78 is 8.35. The predicted molar refractivity (Wildman–Crippen MR) is 72.7 cm³/mol. The number of nitrogens with two attached hydrogens (primary N) is 1. The minimum absolute atomic E-state index is 0.241. The first-order valence-electron chi connectivity index (χ1n) is 7.26. The molecule has 0 bridgehead atoms. The fourth-order valence-electron chi connectivity index (χ4n) is 3.68. The van der Waals surface area contributed by atoms with Gasteiger partial charge in [0.05, 0.1) is 12.1 Å². The third-order valence-corrected chi connectivity index (χ3v) is 4.61. The number of hydrogen-bond donors (Lipinski definition) is 1. The Morgan fingerprint density at radius 1 is 1.39 bits per heavy atom. The minimum Gasteiger partial charge on any atom is -0.376 e. The number of ether oxygens (including phenoxy) is 1. The molecule has 1 aliphatic heterocycles. The van der Waals surface area contributed by atoms with E-state index in [-0.39, 0.29) is 6.04 Å². The molecular weight excluding hydrogens is 224 g/mol. The van der Waals surface area contributed by atoms with Gasteiger partial charge in [-0.1, -0.05) is 0 Å². The zero-order chi connectivity index (χ0) is 12.7. The van der Waals surface area contributed by atoms with E-state index in [4.69, 9.17) is 10.5 Å². The molecule has 3 unspecified atom stereocenters. The number of rotatable bonds is 2. The van der Waals surface area contributed by atoms with Crippen molar-refractivity contribution in [3.05, 3.63) is 23.0 Å². The summed E-state index contributed by atoms with van der Waals surface area (Å²) in [5.74, 6) is 0. The van der Waals surface area contributed by atoms with Crippen LogP contribution in [0.5, 0.6) is 0 Å². The van der Waals surface area contributed by atoms with Gasteiger partial charge in [0.1, 0.15) is 0 Å². The van der Waals surface area contributed by atoms with Crippen LogP contribution in [-0.2, 0) is 11.2 Å². The molecule has 3 nitrogen and oxygen atoms in total. The van der Waals surface area contributed by atoms with Crippen molar-refractivity contribution < 1.29 is 4.74 Å². The van der Waals surface area contributed by atoms with E-state index in [1.54, 1.807) is 0 Å². The van der Waals surface area contributed by atoms with Crippen molar-refractivity contribution in [2.45, 2.75) is 64.1 Å². The maximum atomic E-state index is 6.24. The highest BCUT2D eigenvalue weighted by Crippen LogP contribution is 2.35. The van der Waals surface area contributed by atoms with Gasteiger partial charge in [-0.2, -0.15) is 0 Å². The van der Waals surface area contributed by atoms with Crippen molar-refractivity contribution >= 4 is 0 Å². The summed E-state index contributed by atoms with van der Waals surface area (Å²) >= 11 is 0. The first kappa shape index (κ1) is 12.2. The summed E-state index contributed by atoms with van der Waals surface area (Å²) in [5, 5.41) is 0. The Kier molecular flexibility index (Phi) is 3.20. The molecule has 2 heterocycles. The van der Waals surface area contributed by atoms with Crippen LogP contribution in [-0.4, -0.2) is 17.3 Å². The minimum atomic E-state index is 0.241. The first-order valence-corrected chi connectivity index (χ1v) is 7.26. The van der Waals surface area contributed by atoms with Crippen LogP contribution in [0.3, 0.4) is 0 Å². The topological polar surface area (TPSA) is 40.2 Å². The lowest BCUT2D eigenvalue weighted by Gasteiger charge is -2.27. The average molecular weight is 248 g/mol. The number of aryl methyl sites for hydroxylation is 1. The van der Waals surface area contributed by atoms with Gasteiger partial charge in [-0.05, 0) is 57.6 Å². The second kappa shape index (κ2) is 4.71. The molecule has 100 valence electrons. The lowest BCUT2D eigenvalue weighted by molar-refractivity contribution is 0.0717. The molecule has 3 heteroatoms. The van der Waals surface area contributed by atoms with E-state index in [1.807, 2.05) is 0 Å². The molecule has 1 aliphatic carbocycles. The maximum absolute atomic E-state index is 6.24. The van der Waals surface area contributed by atoms with Crippen molar-refractivity contribution in [2.24, 2.45) is 5.73 Å². The molecule has 18 heavy (non-hydrogen) atoms. The fraction of sp³-hybridized carbons (Fsp3) is 0.733. The zero-order valence-electron chi connectivity index (χ0n) is 11.5. The summed E-state index contributed by atoms with van der Waals surface area (Å²) in [4.78, 5) is 0. The van der Waals surface area contributed by atoms with Crippen LogP contribution in [0.2, 0.25) is 0 Å². The van der Waals surface area contributed by atoms with Crippen LogP contribution in [0.15, 0.2) is 6.07 Å². The van der Waals surface area contributed by atoms with E-state index in [9.17, 15) is 0 Å². The van der Waals surface area contributed by atoms with E-state index in [1.165, 1.54) is 42.6 Å². The van der Waals surface area contributed by atoms with Crippen molar-refractivity contribution in [1.29, 1.82) is 0 Å². The zero-order valence-corrected chi connectivity index (χ0v) is 11.5. The molecule has 3 rings (SSSR count). The fourth-order valence-corrected chi connectivity index (χ4v) is 3.68. The van der Waals surface area contributed by atoms with Crippen molar-refractivity contribution in [2.75, 3.05) is 6.61 Å². The van der Waals surface area contributed by atoms with Crippen LogP contribution in [0, 0.1) is 6.92 Å². The Labute approximate surface area is 109 Å². The molecule has 1 aromatic rings. The molecule has 2 aliphatic rings. The van der Waals surface area contributed by atoms with Crippen LogP contribution < -0.4 is 5.73 Å². The summed E-state index contributed by atoms with van der Waals surface area (Å²) in [6.45, 7) is 5.43. The number of hydrogen-bond acceptors (Lipinski definition) is 2. The average Bonchev–Trinajstić information content (AvgIpc) is 2.96. The van der Waals surface area contributed by atoms with E-state index >= 15 is 0 Å². The third-order valence-electron chi connectivity index (χ3n) is 4.61. The Morgan fingerprint density at radius 2 is 2.22 bits per heavy atom. The van der Waals surface area contributed by atoms with Gasteiger partial charge in [0.15, 0.2) is 0 Å². The highest BCUT2D eigenvalue weighted by atomic mass is 16.5. The van der Waals surface area contributed by atoms with Gasteiger partial charge >= 0.3 is 0 Å². The highest BCUT2D eigenvalue weighted by molar-refractivity contribution is 5.33. The lowest BCUT2D eigenvalue weighted by atomic mass is 9.93. The molecule has 2 N–H and O–H groups in total. The molecule has 1 fully saturated rings. The van der Waals surface area contributed by atoms with E-state index in [2.05, 4.69) is 24.5 Å². The molecule has 0 aromatic carbocycles. The monoisotopic (exact) mass is 248 g/mol. The van der Waals surface area contributed by atoms with Crippen molar-refractivity contribution in [3.63, 3.8) is 0 Å². The Balaban J connectivity index is 1.95. The molecule has 0 amide bonds. The summed E-state index contributed by atoms with van der Waals surface area (Å²) in [6.07, 6.45) is 6.31. The van der Waals surface area contributed by atoms with E-state index in [0.29, 0.717) is 12.1 Å². The van der Waals surface area contributed by atoms with Gasteiger partial charge < -0.3 is 15.0 Å². The summed E-state index contributed by atoms with van der Waals surface area (Å²) in [5.41, 5.74) is 10.4. The number of fused-ring (bicyclic) bond motifs is 1. The van der Waals surface area contributed by atoms with Gasteiger partial charge in [-0.3, -0.25) is 0 Å². The maximum Gasteiger partial charge on any atom is 0.0780 e. The SMILES string of the molecule is Cc1cc2c(n1C(C)C1CCCO1)CCCC2N. The van der Waals surface area contributed by atoms with Gasteiger partial charge in [0.25, 0.3) is 0 Å². The van der Waals surface area contributed by atoms with Gasteiger partial charge in [0.2, 0.25) is 0 Å². The molecular formula is C15H24N2O. The third kappa shape index (κ3) is 1.90. The van der Waals surface area contributed by atoms with Crippen molar-refractivity contribution in [3.8, 4) is 0 Å². The molecule has 0 spiro atoms. The largest absolute Gasteiger partial charge is 0.376 e. The van der Waals surface area contributed by atoms with Gasteiger partial charge in [0, 0.05) is 24.0 Å². The van der Waals surface area contributed by atoms with Gasteiger partial charge in [-0.15, -0.1) is 0 Å². The first-order chi connectivity index (χ1) is 8.68. The molecule has 0 radical (unpaired) electrons. The van der Waals surface area contributed by atoms with Crippen LogP contribution in [0.1, 0.15) is 61.6 Å². The second-order valence-corrected chi connectivity index (χ2v) is 5.85. The summed E-state index contributed by atoms with van der Waals surface area (Å²) in [7, 11) is 0. The molecule has 3 atom stereocenters. The van der Waals surface area contributed by atoms with Crippen LogP contribution in [0.25, 0.3) is 0 Å². The second-order valence-electron chi connectivity index (χ2n) is 5.85. The summed E-state index contributed by atoms with van der Waals surface area (Å²) in [6, 6.07) is 2.98. The van der Waals surface area contributed by atoms with Gasteiger partial charge in [-0.25, -0.2) is 0 Å². The van der Waals surface area contributed by atoms with Crippen molar-refractivity contribution in [1.82, 2.24) is 4.57 Å². The standard InChI is InChI=1S/C15H24N2O/c1-10-9-12-13(16)5-3-6-14(12)17(10)11(2)15-7-4-8-18-15/h9,11,13,15H,3-8,16H2,1-2H3. The Hall–Kier alpha value is -0.800. The molecule has 1 saturated heterocycles. The highest BCUT2D eigenvalue weighted by Gasteiger charge is 2.29. The van der Waals surface area contributed by atoms with E-state index in [0.717, 1.165) is 13.0 Å².